The molecule has 2 aromatic rings. The second-order valence-corrected chi connectivity index (χ2v) is 8.36. The highest BCUT2D eigenvalue weighted by molar-refractivity contribution is 6.33. The third kappa shape index (κ3) is 4.42. The number of nitrogens with zero attached hydrogens (tertiary/aromatic N) is 1. The van der Waals surface area contributed by atoms with Crippen LogP contribution in [-0.2, 0) is 6.42 Å². The highest BCUT2D eigenvalue weighted by Crippen LogP contribution is 2.40. The van der Waals surface area contributed by atoms with Crippen molar-refractivity contribution in [2.75, 3.05) is 27.3 Å². The molecule has 1 N–H and O–H groups in total. The molecule has 1 aliphatic heterocycles. The Labute approximate surface area is 184 Å². The van der Waals surface area contributed by atoms with Gasteiger partial charge in [-0.25, -0.2) is 0 Å². The van der Waals surface area contributed by atoms with E-state index in [1.54, 1.807) is 26.4 Å². The normalized spacial score (nSPS) is 17.4. The van der Waals surface area contributed by atoms with E-state index in [0.717, 1.165) is 25.3 Å². The molecular formula is C24H31ClN2O3. The van der Waals surface area contributed by atoms with Crippen molar-refractivity contribution in [3.63, 3.8) is 0 Å². The fourth-order valence-electron chi connectivity index (χ4n) is 4.29. The first-order valence-corrected chi connectivity index (χ1v) is 10.8. The molecule has 30 heavy (non-hydrogen) atoms. The van der Waals surface area contributed by atoms with E-state index >= 15 is 0 Å². The van der Waals surface area contributed by atoms with Crippen molar-refractivity contribution in [1.82, 2.24) is 10.2 Å². The summed E-state index contributed by atoms with van der Waals surface area (Å²) < 4.78 is 11.1. The Morgan fingerprint density at radius 1 is 1.20 bits per heavy atom. The van der Waals surface area contributed by atoms with Gasteiger partial charge in [-0.1, -0.05) is 44.5 Å². The van der Waals surface area contributed by atoms with Gasteiger partial charge in [0.1, 0.15) is 0 Å². The maximum Gasteiger partial charge on any atom is 0.253 e. The maximum absolute atomic E-state index is 13.1. The molecule has 0 radical (unpaired) electrons. The van der Waals surface area contributed by atoms with E-state index in [1.807, 2.05) is 12.1 Å². The van der Waals surface area contributed by atoms with Crippen LogP contribution < -0.4 is 14.8 Å². The summed E-state index contributed by atoms with van der Waals surface area (Å²) in [5.41, 5.74) is 2.91. The molecule has 6 heteroatoms. The molecule has 162 valence electrons. The van der Waals surface area contributed by atoms with Crippen LogP contribution in [0.1, 0.15) is 48.3 Å². The number of carbonyl (C=O) groups excluding carboxylic acids is 1. The van der Waals surface area contributed by atoms with E-state index in [9.17, 15) is 4.79 Å². The summed E-state index contributed by atoms with van der Waals surface area (Å²) in [6, 6.07) is 11.2. The molecule has 3 rings (SSSR count). The van der Waals surface area contributed by atoms with E-state index in [0.29, 0.717) is 16.3 Å². The van der Waals surface area contributed by atoms with Crippen molar-refractivity contribution < 1.29 is 14.3 Å². The minimum absolute atomic E-state index is 0.0324. The van der Waals surface area contributed by atoms with Crippen LogP contribution >= 0.6 is 11.6 Å². The minimum atomic E-state index is -0.150. The number of benzene rings is 2. The molecule has 2 aromatic carbocycles. The van der Waals surface area contributed by atoms with Crippen LogP contribution in [0.25, 0.3) is 0 Å². The van der Waals surface area contributed by atoms with E-state index in [1.165, 1.54) is 11.1 Å². The van der Waals surface area contributed by atoms with E-state index in [2.05, 4.69) is 43.1 Å². The van der Waals surface area contributed by atoms with Gasteiger partial charge >= 0.3 is 0 Å². The molecule has 0 bridgehead atoms. The summed E-state index contributed by atoms with van der Waals surface area (Å²) in [5.74, 6) is 1.51. The highest BCUT2D eigenvalue weighted by atomic mass is 35.5. The first-order valence-electron chi connectivity index (χ1n) is 10.4. The number of nitrogens with one attached hydrogen (secondary N) is 1. The number of halogens is 1. The third-order valence-corrected chi connectivity index (χ3v) is 6.24. The number of ether oxygens (including phenoxy) is 2. The van der Waals surface area contributed by atoms with E-state index in [4.69, 9.17) is 21.1 Å². The Morgan fingerprint density at radius 2 is 1.87 bits per heavy atom. The van der Waals surface area contributed by atoms with Crippen molar-refractivity contribution in [2.45, 2.75) is 39.3 Å². The topological polar surface area (TPSA) is 50.8 Å². The fourth-order valence-corrected chi connectivity index (χ4v) is 4.51. The lowest BCUT2D eigenvalue weighted by Gasteiger charge is -2.43. The Morgan fingerprint density at radius 3 is 2.47 bits per heavy atom. The standard InChI is InChI=1S/C24H31ClN2O3/c1-6-27-12-11-16-13-20(29-4)21(30-5)14-18(16)23(27)22(15(2)3)26-24(28)17-9-7-8-10-19(17)25/h7-10,13-15,22-23H,6,11-12H2,1-5H3,(H,26,28)/t22-,23-/m1/s1. The van der Waals surface area contributed by atoms with Crippen LogP contribution in [0.4, 0.5) is 0 Å². The minimum Gasteiger partial charge on any atom is -0.493 e. The predicted molar refractivity (Wildman–Crippen MR) is 121 cm³/mol. The Kier molecular flexibility index (Phi) is 7.27. The number of methoxy groups -OCH3 is 2. The lowest BCUT2D eigenvalue weighted by Crippen LogP contribution is -2.51. The molecule has 0 saturated carbocycles. The van der Waals surface area contributed by atoms with Crippen molar-refractivity contribution in [2.24, 2.45) is 5.92 Å². The van der Waals surface area contributed by atoms with Gasteiger partial charge in [-0.15, -0.1) is 0 Å². The zero-order valence-corrected chi connectivity index (χ0v) is 19.1. The van der Waals surface area contributed by atoms with Gasteiger partial charge < -0.3 is 14.8 Å². The molecule has 0 aromatic heterocycles. The monoisotopic (exact) mass is 430 g/mol. The summed E-state index contributed by atoms with van der Waals surface area (Å²) in [7, 11) is 3.31. The number of carbonyl (C=O) groups is 1. The van der Waals surface area contributed by atoms with Crippen LogP contribution in [0.3, 0.4) is 0 Å². The maximum atomic E-state index is 13.1. The molecule has 5 nitrogen and oxygen atoms in total. The molecule has 0 unspecified atom stereocenters. The van der Waals surface area contributed by atoms with E-state index in [-0.39, 0.29) is 23.9 Å². The summed E-state index contributed by atoms with van der Waals surface area (Å²) in [6.45, 7) is 8.26. The molecule has 0 saturated heterocycles. The van der Waals surface area contributed by atoms with Crippen molar-refractivity contribution in [3.05, 3.63) is 58.1 Å². The molecule has 1 amide bonds. The lowest BCUT2D eigenvalue weighted by atomic mass is 9.83. The summed E-state index contributed by atoms with van der Waals surface area (Å²) in [5, 5.41) is 3.74. The van der Waals surface area contributed by atoms with Crippen LogP contribution in [0, 0.1) is 5.92 Å². The lowest BCUT2D eigenvalue weighted by molar-refractivity contribution is 0.0834. The molecule has 0 aliphatic carbocycles. The second-order valence-electron chi connectivity index (χ2n) is 7.95. The third-order valence-electron chi connectivity index (χ3n) is 5.91. The number of hydrogen-bond acceptors (Lipinski definition) is 4. The predicted octanol–water partition coefficient (Wildman–Crippen LogP) is 4.73. The zero-order valence-electron chi connectivity index (χ0n) is 18.4. The number of fused-ring (bicyclic) bond motifs is 1. The molecule has 1 heterocycles. The van der Waals surface area contributed by atoms with Gasteiger partial charge in [0.25, 0.3) is 5.91 Å². The molecular weight excluding hydrogens is 400 g/mol. The van der Waals surface area contributed by atoms with Gasteiger partial charge in [-0.05, 0) is 54.3 Å². The summed E-state index contributed by atoms with van der Waals surface area (Å²) in [6.07, 6.45) is 0.934. The zero-order chi connectivity index (χ0) is 21.8. The van der Waals surface area contributed by atoms with Gasteiger partial charge in [0.2, 0.25) is 0 Å². The molecule has 0 spiro atoms. The van der Waals surface area contributed by atoms with Gasteiger partial charge in [-0.3, -0.25) is 9.69 Å². The summed E-state index contributed by atoms with van der Waals surface area (Å²) >= 11 is 6.28. The highest BCUT2D eigenvalue weighted by Gasteiger charge is 2.36. The molecule has 2 atom stereocenters. The van der Waals surface area contributed by atoms with Crippen LogP contribution in [-0.4, -0.2) is 44.2 Å². The van der Waals surface area contributed by atoms with E-state index < -0.39 is 0 Å². The summed E-state index contributed by atoms with van der Waals surface area (Å²) in [4.78, 5) is 15.5. The quantitative estimate of drug-likeness (QED) is 0.689. The van der Waals surface area contributed by atoms with Crippen LogP contribution in [0.5, 0.6) is 11.5 Å². The average Bonchev–Trinajstić information content (AvgIpc) is 2.75. The van der Waals surface area contributed by atoms with Crippen molar-refractivity contribution in [1.29, 1.82) is 0 Å². The fraction of sp³-hybridized carbons (Fsp3) is 0.458. The van der Waals surface area contributed by atoms with Crippen molar-refractivity contribution in [3.8, 4) is 11.5 Å². The smallest absolute Gasteiger partial charge is 0.253 e. The second kappa shape index (κ2) is 9.71. The number of rotatable bonds is 7. The number of amides is 1. The van der Waals surface area contributed by atoms with Crippen LogP contribution in [0.15, 0.2) is 36.4 Å². The van der Waals surface area contributed by atoms with Crippen LogP contribution in [0.2, 0.25) is 5.02 Å². The van der Waals surface area contributed by atoms with Crippen molar-refractivity contribution >= 4 is 17.5 Å². The van der Waals surface area contributed by atoms with Gasteiger partial charge in [0.05, 0.1) is 36.9 Å². The Balaban J connectivity index is 2.02. The largest absolute Gasteiger partial charge is 0.493 e. The Bertz CT molecular complexity index is 900. The first-order chi connectivity index (χ1) is 14.4. The Hall–Kier alpha value is -2.24. The number of likely N-dealkylation sites (N-methyl/N-ethyl adjacent to an activating group) is 1. The SMILES string of the molecule is CCN1CCc2cc(OC)c(OC)cc2[C@@H]1[C@H](NC(=O)c1ccccc1Cl)C(C)C. The van der Waals surface area contributed by atoms with Gasteiger partial charge in [-0.2, -0.15) is 0 Å². The molecule has 1 aliphatic rings. The average molecular weight is 431 g/mol. The first kappa shape index (κ1) is 22.4. The number of hydrogen-bond donors (Lipinski definition) is 1. The van der Waals surface area contributed by atoms with Gasteiger partial charge in [0.15, 0.2) is 11.5 Å². The molecule has 0 fully saturated rings. The van der Waals surface area contributed by atoms with Gasteiger partial charge in [0, 0.05) is 6.54 Å².